The molecule has 2 unspecified atom stereocenters. The number of nitrogens with zero attached hydrogens (tertiary/aromatic N) is 1. The van der Waals surface area contributed by atoms with Gasteiger partial charge in [0.15, 0.2) is 5.96 Å². The summed E-state index contributed by atoms with van der Waals surface area (Å²) in [6.45, 7) is 4.38. The van der Waals surface area contributed by atoms with Crippen molar-refractivity contribution in [1.82, 2.24) is 0 Å². The van der Waals surface area contributed by atoms with E-state index in [2.05, 4.69) is 18.8 Å². The SMILES string of the molecule is CCC1(C)CC1N=C(N)N. The molecule has 0 spiro atoms. The first-order valence-corrected chi connectivity index (χ1v) is 3.67. The Hall–Kier alpha value is -0.730. The van der Waals surface area contributed by atoms with Crippen LogP contribution in [0.4, 0.5) is 0 Å². The lowest BCUT2D eigenvalue weighted by Crippen LogP contribution is -2.23. The average Bonchev–Trinajstić information content (AvgIpc) is 2.43. The first kappa shape index (κ1) is 7.38. The molecule has 0 aromatic rings. The highest BCUT2D eigenvalue weighted by molar-refractivity contribution is 5.76. The summed E-state index contributed by atoms with van der Waals surface area (Å²) in [4.78, 5) is 4.09. The van der Waals surface area contributed by atoms with E-state index in [1.54, 1.807) is 0 Å². The molecule has 1 aliphatic rings. The molecule has 1 rings (SSSR count). The third-order valence-electron chi connectivity index (χ3n) is 2.42. The second-order valence-electron chi connectivity index (χ2n) is 3.28. The van der Waals surface area contributed by atoms with E-state index in [9.17, 15) is 0 Å². The van der Waals surface area contributed by atoms with Gasteiger partial charge in [0.25, 0.3) is 0 Å². The van der Waals surface area contributed by atoms with Gasteiger partial charge in [-0.15, -0.1) is 0 Å². The van der Waals surface area contributed by atoms with Gasteiger partial charge in [-0.1, -0.05) is 13.8 Å². The Morgan fingerprint density at radius 2 is 2.30 bits per heavy atom. The van der Waals surface area contributed by atoms with Crippen molar-refractivity contribution in [3.8, 4) is 0 Å². The molecular formula is C7H15N3. The zero-order valence-electron chi connectivity index (χ0n) is 6.59. The van der Waals surface area contributed by atoms with Gasteiger partial charge in [0.05, 0.1) is 6.04 Å². The van der Waals surface area contributed by atoms with Gasteiger partial charge in [0, 0.05) is 0 Å². The highest BCUT2D eigenvalue weighted by atomic mass is 15.0. The second kappa shape index (κ2) is 2.15. The minimum atomic E-state index is 0.224. The van der Waals surface area contributed by atoms with Gasteiger partial charge in [-0.2, -0.15) is 0 Å². The van der Waals surface area contributed by atoms with Crippen molar-refractivity contribution in [2.75, 3.05) is 0 Å². The van der Waals surface area contributed by atoms with Crippen LogP contribution in [0.2, 0.25) is 0 Å². The van der Waals surface area contributed by atoms with Gasteiger partial charge >= 0.3 is 0 Å². The lowest BCUT2D eigenvalue weighted by Gasteiger charge is -2.02. The molecule has 58 valence electrons. The topological polar surface area (TPSA) is 64.4 Å². The van der Waals surface area contributed by atoms with Gasteiger partial charge in [-0.3, -0.25) is 0 Å². The predicted molar refractivity (Wildman–Crippen MR) is 42.6 cm³/mol. The number of nitrogens with two attached hydrogens (primary N) is 2. The van der Waals surface area contributed by atoms with Gasteiger partial charge in [0.1, 0.15) is 0 Å². The second-order valence-corrected chi connectivity index (χ2v) is 3.28. The van der Waals surface area contributed by atoms with Crippen LogP contribution < -0.4 is 11.5 Å². The van der Waals surface area contributed by atoms with Gasteiger partial charge in [0.2, 0.25) is 0 Å². The number of hydrogen-bond donors (Lipinski definition) is 2. The number of guanidine groups is 1. The summed E-state index contributed by atoms with van der Waals surface area (Å²) in [7, 11) is 0. The van der Waals surface area contributed by atoms with Gasteiger partial charge < -0.3 is 11.5 Å². The molecule has 0 radical (unpaired) electrons. The Kier molecular flexibility index (Phi) is 1.58. The third-order valence-corrected chi connectivity index (χ3v) is 2.42. The van der Waals surface area contributed by atoms with E-state index in [1.165, 1.54) is 0 Å². The van der Waals surface area contributed by atoms with E-state index < -0.39 is 0 Å². The van der Waals surface area contributed by atoms with Gasteiger partial charge in [-0.05, 0) is 18.3 Å². The molecule has 0 aliphatic heterocycles. The van der Waals surface area contributed by atoms with Gasteiger partial charge in [-0.25, -0.2) is 4.99 Å². The minimum absolute atomic E-state index is 0.224. The first-order valence-electron chi connectivity index (χ1n) is 3.67. The van der Waals surface area contributed by atoms with E-state index in [1.807, 2.05) is 0 Å². The Morgan fingerprint density at radius 1 is 1.70 bits per heavy atom. The van der Waals surface area contributed by atoms with Crippen LogP contribution >= 0.6 is 0 Å². The summed E-state index contributed by atoms with van der Waals surface area (Å²) in [5.74, 6) is 0.224. The highest BCUT2D eigenvalue weighted by Gasteiger charge is 2.48. The smallest absolute Gasteiger partial charge is 0.186 e. The van der Waals surface area contributed by atoms with E-state index >= 15 is 0 Å². The fourth-order valence-corrected chi connectivity index (χ4v) is 1.14. The summed E-state index contributed by atoms with van der Waals surface area (Å²) < 4.78 is 0. The standard InChI is InChI=1S/C7H15N3/c1-3-7(2)4-5(7)10-6(8)9/h5H,3-4H2,1-2H3,(H4,8,9,10). The Morgan fingerprint density at radius 3 is 2.60 bits per heavy atom. The number of hydrogen-bond acceptors (Lipinski definition) is 1. The summed E-state index contributed by atoms with van der Waals surface area (Å²) in [6.07, 6.45) is 2.30. The summed E-state index contributed by atoms with van der Waals surface area (Å²) >= 11 is 0. The normalized spacial score (nSPS) is 37.2. The van der Waals surface area contributed by atoms with Crippen molar-refractivity contribution in [3.63, 3.8) is 0 Å². The fourth-order valence-electron chi connectivity index (χ4n) is 1.14. The minimum Gasteiger partial charge on any atom is -0.370 e. The molecule has 0 amide bonds. The highest BCUT2D eigenvalue weighted by Crippen LogP contribution is 2.50. The van der Waals surface area contributed by atoms with Crippen molar-refractivity contribution >= 4 is 5.96 Å². The van der Waals surface area contributed by atoms with Crippen LogP contribution in [0.15, 0.2) is 4.99 Å². The summed E-state index contributed by atoms with van der Waals surface area (Å²) in [5.41, 5.74) is 10.9. The third kappa shape index (κ3) is 1.23. The van der Waals surface area contributed by atoms with Crippen molar-refractivity contribution in [2.45, 2.75) is 32.7 Å². The van der Waals surface area contributed by atoms with Crippen LogP contribution in [-0.4, -0.2) is 12.0 Å². The summed E-state index contributed by atoms with van der Waals surface area (Å²) in [6, 6.07) is 0.391. The summed E-state index contributed by atoms with van der Waals surface area (Å²) in [5, 5.41) is 0. The Bertz CT molecular complexity index is 160. The van der Waals surface area contributed by atoms with Crippen molar-refractivity contribution in [2.24, 2.45) is 21.9 Å². The Balaban J connectivity index is 2.45. The van der Waals surface area contributed by atoms with Crippen molar-refractivity contribution < 1.29 is 0 Å². The largest absolute Gasteiger partial charge is 0.370 e. The average molecular weight is 141 g/mol. The molecular weight excluding hydrogens is 126 g/mol. The maximum Gasteiger partial charge on any atom is 0.186 e. The molecule has 3 heteroatoms. The van der Waals surface area contributed by atoms with E-state index in [0.29, 0.717) is 11.5 Å². The molecule has 1 aliphatic carbocycles. The molecule has 10 heavy (non-hydrogen) atoms. The van der Waals surface area contributed by atoms with E-state index in [4.69, 9.17) is 11.5 Å². The number of rotatable bonds is 2. The van der Waals surface area contributed by atoms with Crippen LogP contribution in [0, 0.1) is 5.41 Å². The number of aliphatic imine (C=N–C) groups is 1. The van der Waals surface area contributed by atoms with Crippen LogP contribution in [0.25, 0.3) is 0 Å². The van der Waals surface area contributed by atoms with Crippen LogP contribution in [0.3, 0.4) is 0 Å². The molecule has 0 aromatic heterocycles. The monoisotopic (exact) mass is 141 g/mol. The van der Waals surface area contributed by atoms with Crippen LogP contribution in [0.5, 0.6) is 0 Å². The molecule has 4 N–H and O–H groups in total. The maximum absolute atomic E-state index is 5.24. The molecule has 2 atom stereocenters. The molecule has 0 saturated heterocycles. The lowest BCUT2D eigenvalue weighted by molar-refractivity contribution is 0.527. The zero-order chi connectivity index (χ0) is 7.78. The van der Waals surface area contributed by atoms with Crippen molar-refractivity contribution in [3.05, 3.63) is 0 Å². The molecule has 0 bridgehead atoms. The lowest BCUT2D eigenvalue weighted by atomic mass is 10.1. The molecule has 0 aromatic carbocycles. The molecule has 0 heterocycles. The van der Waals surface area contributed by atoms with Crippen molar-refractivity contribution in [1.29, 1.82) is 0 Å². The molecule has 1 fully saturated rings. The van der Waals surface area contributed by atoms with Crippen LogP contribution in [-0.2, 0) is 0 Å². The molecule has 3 nitrogen and oxygen atoms in total. The van der Waals surface area contributed by atoms with Crippen LogP contribution in [0.1, 0.15) is 26.7 Å². The van der Waals surface area contributed by atoms with E-state index in [-0.39, 0.29) is 5.96 Å². The Labute approximate surface area is 61.5 Å². The first-order chi connectivity index (χ1) is 4.58. The zero-order valence-corrected chi connectivity index (χ0v) is 6.59. The van der Waals surface area contributed by atoms with E-state index in [0.717, 1.165) is 12.8 Å². The maximum atomic E-state index is 5.24. The molecule has 1 saturated carbocycles. The predicted octanol–water partition coefficient (Wildman–Crippen LogP) is 0.448. The fraction of sp³-hybridized carbons (Fsp3) is 0.857. The quantitative estimate of drug-likeness (QED) is 0.433.